The van der Waals surface area contributed by atoms with Gasteiger partial charge in [0, 0.05) is 0 Å². The van der Waals surface area contributed by atoms with E-state index in [4.69, 9.17) is 0 Å². The highest BCUT2D eigenvalue weighted by Crippen LogP contribution is 2.38. The van der Waals surface area contributed by atoms with Crippen molar-refractivity contribution in [3.05, 3.63) is 29.2 Å². The molecule has 0 aromatic rings. The molecule has 2 atom stereocenters. The molecule has 1 aliphatic heterocycles. The Morgan fingerprint density at radius 3 is 3.30 bits per heavy atom. The lowest BCUT2D eigenvalue weighted by atomic mass is 9.96. The molecule has 2 rings (SSSR count). The van der Waals surface area contributed by atoms with E-state index < -0.39 is 0 Å². The molecule has 1 aliphatic carbocycles. The van der Waals surface area contributed by atoms with Crippen LogP contribution in [-0.4, -0.2) is 6.04 Å². The Balaban J connectivity index is 2.18. The van der Waals surface area contributed by atoms with Crippen molar-refractivity contribution in [2.45, 2.75) is 25.8 Å². The van der Waals surface area contributed by atoms with Crippen molar-refractivity contribution in [2.75, 3.05) is 0 Å². The van der Waals surface area contributed by atoms with E-state index in [1.54, 1.807) is 0 Å². The fourth-order valence-electron chi connectivity index (χ4n) is 1.75. The second-order valence-corrected chi connectivity index (χ2v) is 3.17. The summed E-state index contributed by atoms with van der Waals surface area (Å²) in [7, 11) is 0. The highest BCUT2D eigenvalue weighted by molar-refractivity contribution is 5.35. The zero-order valence-corrected chi connectivity index (χ0v) is 6.25. The first-order valence-electron chi connectivity index (χ1n) is 3.94. The molecule has 1 heterocycles. The zero-order chi connectivity index (χ0) is 6.97. The van der Waals surface area contributed by atoms with Gasteiger partial charge in [-0.05, 0) is 12.3 Å². The summed E-state index contributed by atoms with van der Waals surface area (Å²) >= 11 is 0. The maximum atomic E-state index is 4.52. The average Bonchev–Trinajstić information content (AvgIpc) is 2.27. The second-order valence-electron chi connectivity index (χ2n) is 3.17. The van der Waals surface area contributed by atoms with Crippen LogP contribution < -0.4 is 0 Å². The van der Waals surface area contributed by atoms with E-state index in [-0.39, 0.29) is 0 Å². The van der Waals surface area contributed by atoms with Crippen molar-refractivity contribution in [2.24, 2.45) is 5.92 Å². The van der Waals surface area contributed by atoms with Crippen molar-refractivity contribution >= 4 is 0 Å². The van der Waals surface area contributed by atoms with E-state index in [1.807, 2.05) is 0 Å². The summed E-state index contributed by atoms with van der Waals surface area (Å²) in [6.45, 7) is 2.19. The van der Waals surface area contributed by atoms with E-state index >= 15 is 0 Å². The molecule has 1 heteroatoms. The summed E-state index contributed by atoms with van der Waals surface area (Å²) in [5.41, 5.74) is 1.33. The normalized spacial score (nSPS) is 36.7. The van der Waals surface area contributed by atoms with Gasteiger partial charge in [0.05, 0.1) is 0 Å². The molecule has 0 N–H and O–H groups in total. The summed E-state index contributed by atoms with van der Waals surface area (Å²) in [5.74, 6) is 0.750. The van der Waals surface area contributed by atoms with Crippen LogP contribution >= 0.6 is 0 Å². The predicted octanol–water partition coefficient (Wildman–Crippen LogP) is 2.61. The molecule has 0 aromatic heterocycles. The lowest BCUT2D eigenvalue weighted by Crippen LogP contribution is -1.98. The van der Waals surface area contributed by atoms with Gasteiger partial charge in [-0.15, -0.1) is 6.04 Å². The lowest BCUT2D eigenvalue weighted by molar-refractivity contribution is 0.605. The van der Waals surface area contributed by atoms with E-state index in [2.05, 4.69) is 30.5 Å². The van der Waals surface area contributed by atoms with Crippen molar-refractivity contribution in [3.8, 4) is 0 Å². The highest BCUT2D eigenvalue weighted by Gasteiger charge is 2.15. The molecule has 0 saturated carbocycles. The summed E-state index contributed by atoms with van der Waals surface area (Å²) in [5, 5.41) is 4.52. The third-order valence-electron chi connectivity index (χ3n) is 2.24. The third kappa shape index (κ3) is 0.859. The SMILES string of the molecule is CC1CC2CC=CC=C2[N-]1. The molecule has 10 heavy (non-hydrogen) atoms. The highest BCUT2D eigenvalue weighted by atomic mass is 15.0. The molecule has 1 saturated heterocycles. The van der Waals surface area contributed by atoms with Gasteiger partial charge in [0.25, 0.3) is 0 Å². The molecule has 2 unspecified atom stereocenters. The first kappa shape index (κ1) is 6.02. The topological polar surface area (TPSA) is 14.1 Å². The molecular formula is C9H12N-. The van der Waals surface area contributed by atoms with Gasteiger partial charge in [-0.25, -0.2) is 0 Å². The molecule has 0 bridgehead atoms. The van der Waals surface area contributed by atoms with Crippen LogP contribution in [0.3, 0.4) is 0 Å². The number of hydrogen-bond donors (Lipinski definition) is 0. The Labute approximate surface area is 61.8 Å². The number of allylic oxidation sites excluding steroid dienone is 4. The van der Waals surface area contributed by atoms with Crippen molar-refractivity contribution in [1.29, 1.82) is 0 Å². The smallest absolute Gasteiger partial charge is 0.0296 e. The summed E-state index contributed by atoms with van der Waals surface area (Å²) in [4.78, 5) is 0. The predicted molar refractivity (Wildman–Crippen MR) is 42.8 cm³/mol. The maximum Gasteiger partial charge on any atom is -0.0296 e. The number of hydrogen-bond acceptors (Lipinski definition) is 0. The van der Waals surface area contributed by atoms with Crippen LogP contribution in [0.25, 0.3) is 5.32 Å². The summed E-state index contributed by atoms with van der Waals surface area (Å²) < 4.78 is 0. The molecule has 0 radical (unpaired) electrons. The van der Waals surface area contributed by atoms with Gasteiger partial charge >= 0.3 is 0 Å². The molecule has 2 aliphatic rings. The van der Waals surface area contributed by atoms with Gasteiger partial charge in [0.2, 0.25) is 0 Å². The molecule has 0 aromatic carbocycles. The van der Waals surface area contributed by atoms with E-state index in [9.17, 15) is 0 Å². The molecule has 1 fully saturated rings. The fraction of sp³-hybridized carbons (Fsp3) is 0.556. The van der Waals surface area contributed by atoms with E-state index in [0.29, 0.717) is 6.04 Å². The quantitative estimate of drug-likeness (QED) is 0.483. The Kier molecular flexibility index (Phi) is 1.30. The van der Waals surface area contributed by atoms with Crippen LogP contribution in [0.1, 0.15) is 19.8 Å². The first-order valence-corrected chi connectivity index (χ1v) is 3.94. The number of nitrogens with zero attached hydrogens (tertiary/aromatic N) is 1. The summed E-state index contributed by atoms with van der Waals surface area (Å²) in [6, 6.07) is 0.566. The Morgan fingerprint density at radius 2 is 2.50 bits per heavy atom. The summed E-state index contributed by atoms with van der Waals surface area (Å²) in [6.07, 6.45) is 8.97. The Bertz CT molecular complexity index is 191. The number of fused-ring (bicyclic) bond motifs is 1. The monoisotopic (exact) mass is 134 g/mol. The largest absolute Gasteiger partial charge is 0.685 e. The molecule has 0 amide bonds. The van der Waals surface area contributed by atoms with Gasteiger partial charge in [-0.1, -0.05) is 31.6 Å². The van der Waals surface area contributed by atoms with Crippen LogP contribution in [-0.2, 0) is 0 Å². The van der Waals surface area contributed by atoms with Crippen molar-refractivity contribution < 1.29 is 0 Å². The molecule has 1 nitrogen and oxygen atoms in total. The Morgan fingerprint density at radius 1 is 1.60 bits per heavy atom. The van der Waals surface area contributed by atoms with Gasteiger partial charge in [0.15, 0.2) is 0 Å². The second kappa shape index (κ2) is 2.15. The zero-order valence-electron chi connectivity index (χ0n) is 6.25. The minimum atomic E-state index is 0.566. The minimum absolute atomic E-state index is 0.566. The maximum absolute atomic E-state index is 4.52. The third-order valence-corrected chi connectivity index (χ3v) is 2.24. The van der Waals surface area contributed by atoms with Gasteiger partial charge in [0.1, 0.15) is 0 Å². The van der Waals surface area contributed by atoms with Crippen molar-refractivity contribution in [1.82, 2.24) is 0 Å². The van der Waals surface area contributed by atoms with Crippen LogP contribution in [0.5, 0.6) is 0 Å². The Hall–Kier alpha value is -0.720. The van der Waals surface area contributed by atoms with Crippen LogP contribution in [0, 0.1) is 5.92 Å². The van der Waals surface area contributed by atoms with Crippen LogP contribution in [0.2, 0.25) is 0 Å². The van der Waals surface area contributed by atoms with E-state index in [1.165, 1.54) is 18.5 Å². The minimum Gasteiger partial charge on any atom is -0.685 e. The van der Waals surface area contributed by atoms with Crippen LogP contribution in [0.4, 0.5) is 0 Å². The first-order chi connectivity index (χ1) is 4.86. The van der Waals surface area contributed by atoms with Gasteiger partial charge < -0.3 is 5.32 Å². The van der Waals surface area contributed by atoms with Gasteiger partial charge in [-0.2, -0.15) is 5.70 Å². The fourth-order valence-corrected chi connectivity index (χ4v) is 1.75. The standard InChI is InChI=1S/C9H12N/c1-7-6-8-4-2-3-5-9(8)10-7/h2-3,5,7-8H,4,6H2,1H3/q-1. The number of rotatable bonds is 0. The van der Waals surface area contributed by atoms with E-state index in [0.717, 1.165) is 5.92 Å². The lowest BCUT2D eigenvalue weighted by Gasteiger charge is -2.23. The van der Waals surface area contributed by atoms with Gasteiger partial charge in [-0.3, -0.25) is 0 Å². The van der Waals surface area contributed by atoms with Crippen molar-refractivity contribution in [3.63, 3.8) is 0 Å². The molecule has 54 valence electrons. The molecular weight excluding hydrogens is 122 g/mol. The molecule has 0 spiro atoms. The van der Waals surface area contributed by atoms with Crippen LogP contribution in [0.15, 0.2) is 23.9 Å². The average molecular weight is 134 g/mol.